The Kier molecular flexibility index (Phi) is 7.31. The molecule has 0 amide bonds. The van der Waals surface area contributed by atoms with Crippen molar-refractivity contribution in [2.75, 3.05) is 0 Å². The molecule has 0 N–H and O–H groups in total. The fraction of sp³-hybridized carbons (Fsp3) is 0.0526. The summed E-state index contributed by atoms with van der Waals surface area (Å²) < 4.78 is 4.87. The molecule has 0 aliphatic heterocycles. The number of fused-ring (bicyclic) bond motifs is 9. The molecule has 2 heteroatoms. The number of nitrogens with zero attached hydrogens (tertiary/aromatic N) is 2. The molecule has 278 valence electrons. The van der Waals surface area contributed by atoms with Crippen LogP contribution in [0.4, 0.5) is 0 Å². The predicted octanol–water partition coefficient (Wildman–Crippen LogP) is 15.2. The second kappa shape index (κ2) is 12.8. The van der Waals surface area contributed by atoms with E-state index < -0.39 is 0 Å². The van der Waals surface area contributed by atoms with Crippen molar-refractivity contribution in [3.63, 3.8) is 0 Å². The van der Waals surface area contributed by atoms with E-state index in [0.29, 0.717) is 0 Å². The fourth-order valence-electron chi connectivity index (χ4n) is 10.1. The van der Waals surface area contributed by atoms with Crippen LogP contribution < -0.4 is 0 Å². The summed E-state index contributed by atoms with van der Waals surface area (Å²) in [7, 11) is 0. The molecule has 1 aliphatic rings. The third kappa shape index (κ3) is 5.06. The van der Waals surface area contributed by atoms with Gasteiger partial charge in [-0.3, -0.25) is 0 Å². The van der Waals surface area contributed by atoms with E-state index in [2.05, 4.69) is 229 Å². The highest BCUT2D eigenvalue weighted by Gasteiger charge is 2.37. The summed E-state index contributed by atoms with van der Waals surface area (Å²) in [4.78, 5) is 0. The number of hydrogen-bond donors (Lipinski definition) is 0. The zero-order chi connectivity index (χ0) is 39.2. The Hall–Kier alpha value is -7.42. The van der Waals surface area contributed by atoms with Gasteiger partial charge in [0.1, 0.15) is 0 Å². The lowest BCUT2D eigenvalue weighted by Gasteiger charge is -2.22. The third-order valence-electron chi connectivity index (χ3n) is 12.9. The highest BCUT2D eigenvalue weighted by molar-refractivity contribution is 6.12. The highest BCUT2D eigenvalue weighted by Crippen LogP contribution is 2.53. The summed E-state index contributed by atoms with van der Waals surface area (Å²) >= 11 is 0. The Morgan fingerprint density at radius 3 is 1.39 bits per heavy atom. The van der Waals surface area contributed by atoms with E-state index in [0.717, 1.165) is 0 Å². The van der Waals surface area contributed by atoms with E-state index in [1.165, 1.54) is 111 Å². The summed E-state index contributed by atoms with van der Waals surface area (Å²) in [6.45, 7) is 4.78. The van der Waals surface area contributed by atoms with Crippen LogP contribution in [-0.2, 0) is 5.41 Å². The van der Waals surface area contributed by atoms with Gasteiger partial charge in [0.25, 0.3) is 0 Å². The number of rotatable bonds is 5. The molecule has 0 saturated heterocycles. The minimum atomic E-state index is -0.181. The first-order valence-electron chi connectivity index (χ1n) is 20.6. The van der Waals surface area contributed by atoms with Crippen LogP contribution in [0.3, 0.4) is 0 Å². The Morgan fingerprint density at radius 2 is 0.797 bits per heavy atom. The number of aromatic nitrogens is 2. The van der Waals surface area contributed by atoms with Crippen molar-refractivity contribution in [2.45, 2.75) is 19.3 Å². The largest absolute Gasteiger partial charge is 0.309 e. The second-order valence-corrected chi connectivity index (χ2v) is 16.5. The van der Waals surface area contributed by atoms with E-state index in [9.17, 15) is 0 Å². The maximum absolute atomic E-state index is 2.47. The molecule has 12 rings (SSSR count). The zero-order valence-electron chi connectivity index (χ0n) is 33.0. The highest BCUT2D eigenvalue weighted by atomic mass is 15.0. The van der Waals surface area contributed by atoms with Gasteiger partial charge in [0.05, 0.1) is 22.1 Å². The number of benzene rings is 9. The van der Waals surface area contributed by atoms with Crippen LogP contribution in [0.15, 0.2) is 206 Å². The van der Waals surface area contributed by atoms with Gasteiger partial charge in [-0.15, -0.1) is 0 Å². The van der Waals surface area contributed by atoms with Crippen molar-refractivity contribution >= 4 is 43.6 Å². The minimum Gasteiger partial charge on any atom is -0.309 e. The average molecular weight is 753 g/mol. The SMILES string of the molecule is CC1(C)c2cc(-n3c4ccc(-c5ccccc5)cc4c4cc(-c5ccccc5)ccc43)ccc2-c2c(-c3ccc(-n4c5ccccc5c5ccccc54)cc3)cccc21. The van der Waals surface area contributed by atoms with Crippen molar-refractivity contribution in [2.24, 2.45) is 0 Å². The molecule has 2 heterocycles. The van der Waals surface area contributed by atoms with E-state index in [1.54, 1.807) is 0 Å². The molecular weight excluding hydrogens is 713 g/mol. The normalized spacial score (nSPS) is 13.1. The van der Waals surface area contributed by atoms with Gasteiger partial charge < -0.3 is 9.13 Å². The van der Waals surface area contributed by atoms with Crippen LogP contribution in [0.1, 0.15) is 25.0 Å². The smallest absolute Gasteiger partial charge is 0.0541 e. The van der Waals surface area contributed by atoms with Gasteiger partial charge in [0.2, 0.25) is 0 Å². The standard InChI is InChI=1S/C57H40N2/c1-57(2)50-21-13-20-44(39-24-28-42(29-25-39)58-52-22-11-9-18-45(52)46-19-10-12-23-53(46)58)56(50)47-31-30-43(36-51(47)57)59-54-32-26-40(37-14-5-3-6-15-37)34-48(54)49-35-41(27-33-55(49)59)38-16-7-4-8-17-38/h3-36H,1-2H3. The first kappa shape index (κ1) is 33.7. The molecule has 0 unspecified atom stereocenters. The van der Waals surface area contributed by atoms with Gasteiger partial charge >= 0.3 is 0 Å². The Morgan fingerprint density at radius 1 is 0.305 bits per heavy atom. The van der Waals surface area contributed by atoms with Crippen LogP contribution in [0.2, 0.25) is 0 Å². The number of para-hydroxylation sites is 2. The van der Waals surface area contributed by atoms with Crippen molar-refractivity contribution in [1.82, 2.24) is 9.13 Å². The quantitative estimate of drug-likeness (QED) is 0.166. The van der Waals surface area contributed by atoms with Gasteiger partial charge in [-0.2, -0.15) is 0 Å². The number of hydrogen-bond acceptors (Lipinski definition) is 0. The molecule has 0 atom stereocenters. The van der Waals surface area contributed by atoms with Crippen LogP contribution in [0.5, 0.6) is 0 Å². The second-order valence-electron chi connectivity index (χ2n) is 16.5. The van der Waals surface area contributed by atoms with Crippen LogP contribution in [0.25, 0.3) is 99.5 Å². The van der Waals surface area contributed by atoms with E-state index >= 15 is 0 Å². The molecule has 59 heavy (non-hydrogen) atoms. The van der Waals surface area contributed by atoms with Gasteiger partial charge in [-0.05, 0) is 116 Å². The lowest BCUT2D eigenvalue weighted by molar-refractivity contribution is 0.660. The van der Waals surface area contributed by atoms with Crippen molar-refractivity contribution in [1.29, 1.82) is 0 Å². The van der Waals surface area contributed by atoms with Gasteiger partial charge in [0, 0.05) is 38.3 Å². The molecular formula is C57H40N2. The zero-order valence-corrected chi connectivity index (χ0v) is 33.0. The molecule has 11 aromatic rings. The molecule has 0 spiro atoms. The molecule has 0 radical (unpaired) electrons. The van der Waals surface area contributed by atoms with Crippen LogP contribution in [-0.4, -0.2) is 9.13 Å². The summed E-state index contributed by atoms with van der Waals surface area (Å²) in [5, 5.41) is 5.07. The van der Waals surface area contributed by atoms with E-state index in [4.69, 9.17) is 0 Å². The summed E-state index contributed by atoms with van der Waals surface area (Å²) in [5.41, 5.74) is 19.8. The Bertz CT molecular complexity index is 3290. The molecule has 2 nitrogen and oxygen atoms in total. The van der Waals surface area contributed by atoms with Gasteiger partial charge in [-0.1, -0.05) is 159 Å². The molecule has 0 fully saturated rings. The van der Waals surface area contributed by atoms with Crippen molar-refractivity contribution < 1.29 is 0 Å². The van der Waals surface area contributed by atoms with Gasteiger partial charge in [-0.25, -0.2) is 0 Å². The maximum atomic E-state index is 2.47. The molecule has 9 aromatic carbocycles. The molecule has 1 aliphatic carbocycles. The Labute approximate surface area is 343 Å². The fourth-order valence-corrected chi connectivity index (χ4v) is 10.1. The lowest BCUT2D eigenvalue weighted by Crippen LogP contribution is -2.15. The van der Waals surface area contributed by atoms with Crippen LogP contribution >= 0.6 is 0 Å². The molecule has 0 saturated carbocycles. The summed E-state index contributed by atoms with van der Waals surface area (Å²) in [6.07, 6.45) is 0. The molecule has 2 aromatic heterocycles. The molecule has 0 bridgehead atoms. The average Bonchev–Trinajstić information content (AvgIpc) is 3.89. The first-order chi connectivity index (χ1) is 29.0. The monoisotopic (exact) mass is 752 g/mol. The minimum absolute atomic E-state index is 0.181. The lowest BCUT2D eigenvalue weighted by atomic mass is 9.82. The van der Waals surface area contributed by atoms with Gasteiger partial charge in [0.15, 0.2) is 0 Å². The topological polar surface area (TPSA) is 9.86 Å². The van der Waals surface area contributed by atoms with Crippen LogP contribution in [0, 0.1) is 0 Å². The summed E-state index contributed by atoms with van der Waals surface area (Å²) in [5.74, 6) is 0. The summed E-state index contributed by atoms with van der Waals surface area (Å²) in [6, 6.07) is 76.0. The Balaban J connectivity index is 0.994. The first-order valence-corrected chi connectivity index (χ1v) is 20.6. The predicted molar refractivity (Wildman–Crippen MR) is 249 cm³/mol. The van der Waals surface area contributed by atoms with E-state index in [1.807, 2.05) is 0 Å². The van der Waals surface area contributed by atoms with E-state index in [-0.39, 0.29) is 5.41 Å². The third-order valence-corrected chi connectivity index (χ3v) is 12.9. The maximum Gasteiger partial charge on any atom is 0.0541 e. The van der Waals surface area contributed by atoms with Crippen molar-refractivity contribution in [3.05, 3.63) is 217 Å². The van der Waals surface area contributed by atoms with Crippen molar-refractivity contribution in [3.8, 4) is 55.9 Å².